The maximum atomic E-state index is 12.3. The fraction of sp³-hybridized carbons (Fsp3) is 0.421. The molecule has 1 aromatic heterocycles. The maximum Gasteiger partial charge on any atom is 0.289 e. The number of nitrogens with zero attached hydrogens (tertiary/aromatic N) is 1. The first-order valence-corrected chi connectivity index (χ1v) is 8.57. The predicted molar refractivity (Wildman–Crippen MR) is 89.7 cm³/mol. The zero-order valence-electron chi connectivity index (χ0n) is 13.5. The maximum absolute atomic E-state index is 12.3. The van der Waals surface area contributed by atoms with Crippen LogP contribution in [0.4, 0.5) is 0 Å². The molecule has 1 aliphatic heterocycles. The van der Waals surface area contributed by atoms with Crippen molar-refractivity contribution in [1.29, 1.82) is 0 Å². The highest BCUT2D eigenvalue weighted by molar-refractivity contribution is 5.91. The molecule has 0 unspecified atom stereocenters. The molecule has 126 valence electrons. The average Bonchev–Trinajstić information content (AvgIpc) is 3.24. The summed E-state index contributed by atoms with van der Waals surface area (Å²) in [5.41, 5.74) is 2.44. The molecule has 2 aliphatic rings. The van der Waals surface area contributed by atoms with E-state index in [1.165, 1.54) is 17.4 Å². The molecule has 2 heterocycles. The van der Waals surface area contributed by atoms with Crippen molar-refractivity contribution in [2.45, 2.75) is 37.5 Å². The molecule has 4 rings (SSSR count). The van der Waals surface area contributed by atoms with E-state index >= 15 is 0 Å². The Hall–Kier alpha value is -2.11. The highest BCUT2D eigenvalue weighted by Crippen LogP contribution is 2.32. The highest BCUT2D eigenvalue weighted by Gasteiger charge is 2.33. The summed E-state index contributed by atoms with van der Waals surface area (Å²) in [6.07, 6.45) is 3.64. The van der Waals surface area contributed by atoms with Gasteiger partial charge in [-0.05, 0) is 36.1 Å². The Kier molecular flexibility index (Phi) is 4.12. The standard InChI is InChI=1S/C19H22N2O3/c22-16-12-13-4-1-2-5-15(13)18(16)20-14-7-9-21(10-8-14)19(23)17-6-3-11-24-17/h1-6,11,14,16,18,20,22H,7-10,12H2/t16-,18+/m0/s1. The molecule has 1 aliphatic carbocycles. The van der Waals surface area contributed by atoms with Crippen molar-refractivity contribution in [2.75, 3.05) is 13.1 Å². The summed E-state index contributed by atoms with van der Waals surface area (Å²) in [4.78, 5) is 14.1. The van der Waals surface area contributed by atoms with Crippen LogP contribution in [0.2, 0.25) is 0 Å². The van der Waals surface area contributed by atoms with E-state index in [4.69, 9.17) is 4.42 Å². The number of carbonyl (C=O) groups is 1. The number of amides is 1. The van der Waals surface area contributed by atoms with Crippen LogP contribution in [0.5, 0.6) is 0 Å². The minimum absolute atomic E-state index is 0.00137. The number of hydrogen-bond donors (Lipinski definition) is 2. The summed E-state index contributed by atoms with van der Waals surface area (Å²) >= 11 is 0. The Labute approximate surface area is 141 Å². The summed E-state index contributed by atoms with van der Waals surface area (Å²) < 4.78 is 5.20. The molecule has 0 saturated carbocycles. The molecule has 1 aromatic carbocycles. The first-order chi connectivity index (χ1) is 11.7. The van der Waals surface area contributed by atoms with Crippen molar-refractivity contribution in [3.63, 3.8) is 0 Å². The smallest absolute Gasteiger partial charge is 0.289 e. The molecule has 2 atom stereocenters. The molecule has 0 bridgehead atoms. The number of aliphatic hydroxyl groups excluding tert-OH is 1. The van der Waals surface area contributed by atoms with Crippen molar-refractivity contribution >= 4 is 5.91 Å². The molecule has 24 heavy (non-hydrogen) atoms. The van der Waals surface area contributed by atoms with E-state index in [2.05, 4.69) is 17.4 Å². The number of furan rings is 1. The zero-order valence-corrected chi connectivity index (χ0v) is 13.5. The molecule has 1 saturated heterocycles. The second kappa shape index (κ2) is 6.42. The first kappa shape index (κ1) is 15.4. The number of likely N-dealkylation sites (tertiary alicyclic amines) is 1. The Morgan fingerprint density at radius 3 is 2.71 bits per heavy atom. The van der Waals surface area contributed by atoms with Crippen LogP contribution in [0.15, 0.2) is 47.1 Å². The minimum atomic E-state index is -0.370. The number of hydrogen-bond acceptors (Lipinski definition) is 4. The van der Waals surface area contributed by atoms with Crippen LogP contribution >= 0.6 is 0 Å². The van der Waals surface area contributed by atoms with E-state index in [0.29, 0.717) is 31.3 Å². The number of carbonyl (C=O) groups excluding carboxylic acids is 1. The Morgan fingerprint density at radius 1 is 1.17 bits per heavy atom. The van der Waals surface area contributed by atoms with Gasteiger partial charge in [0.05, 0.1) is 18.4 Å². The van der Waals surface area contributed by atoms with Crippen molar-refractivity contribution in [3.05, 3.63) is 59.5 Å². The number of piperidine rings is 1. The van der Waals surface area contributed by atoms with Crippen molar-refractivity contribution in [1.82, 2.24) is 10.2 Å². The molecular formula is C19H22N2O3. The second-order valence-electron chi connectivity index (χ2n) is 6.66. The largest absolute Gasteiger partial charge is 0.459 e. The third-order valence-electron chi connectivity index (χ3n) is 5.13. The molecule has 2 N–H and O–H groups in total. The number of rotatable bonds is 3. The average molecular weight is 326 g/mol. The zero-order chi connectivity index (χ0) is 16.5. The summed E-state index contributed by atoms with van der Waals surface area (Å²) in [5.74, 6) is 0.367. The van der Waals surface area contributed by atoms with Gasteiger partial charge in [-0.15, -0.1) is 0 Å². The predicted octanol–water partition coefficient (Wildman–Crippen LogP) is 2.13. The first-order valence-electron chi connectivity index (χ1n) is 8.57. The van der Waals surface area contributed by atoms with Crippen LogP contribution in [-0.4, -0.2) is 41.1 Å². The lowest BCUT2D eigenvalue weighted by Gasteiger charge is -2.34. The molecule has 5 heteroatoms. The number of nitrogens with one attached hydrogen (secondary N) is 1. The van der Waals surface area contributed by atoms with Crippen molar-refractivity contribution in [2.24, 2.45) is 0 Å². The van der Waals surface area contributed by atoms with Gasteiger partial charge in [0.15, 0.2) is 5.76 Å². The fourth-order valence-corrected chi connectivity index (χ4v) is 3.83. The molecule has 1 fully saturated rings. The van der Waals surface area contributed by atoms with Gasteiger partial charge in [0.2, 0.25) is 0 Å². The van der Waals surface area contributed by atoms with E-state index in [9.17, 15) is 9.90 Å². The molecule has 1 amide bonds. The van der Waals surface area contributed by atoms with Gasteiger partial charge in [-0.25, -0.2) is 0 Å². The fourth-order valence-electron chi connectivity index (χ4n) is 3.83. The van der Waals surface area contributed by atoms with E-state index < -0.39 is 0 Å². The van der Waals surface area contributed by atoms with Crippen LogP contribution < -0.4 is 5.32 Å². The lowest BCUT2D eigenvalue weighted by molar-refractivity contribution is 0.0652. The van der Waals surface area contributed by atoms with Crippen molar-refractivity contribution in [3.8, 4) is 0 Å². The van der Waals surface area contributed by atoms with Crippen LogP contribution in [0.1, 0.15) is 40.6 Å². The normalized spacial score (nSPS) is 24.1. The van der Waals surface area contributed by atoms with Gasteiger partial charge in [0.1, 0.15) is 0 Å². The lowest BCUT2D eigenvalue weighted by atomic mass is 10.0. The molecule has 5 nitrogen and oxygen atoms in total. The molecule has 0 spiro atoms. The van der Waals surface area contributed by atoms with E-state index in [-0.39, 0.29) is 18.1 Å². The van der Waals surface area contributed by atoms with Crippen LogP contribution in [0.25, 0.3) is 0 Å². The Balaban J connectivity index is 1.36. The Morgan fingerprint density at radius 2 is 1.96 bits per heavy atom. The van der Waals surface area contributed by atoms with E-state index in [1.807, 2.05) is 17.0 Å². The number of benzene rings is 1. The van der Waals surface area contributed by atoms with E-state index in [0.717, 1.165) is 12.8 Å². The SMILES string of the molecule is O=C(c1ccco1)N1CCC(N[C@@H]2c3ccccc3C[C@@H]2O)CC1. The Bertz CT molecular complexity index is 705. The van der Waals surface area contributed by atoms with Gasteiger partial charge in [0, 0.05) is 25.6 Å². The summed E-state index contributed by atoms with van der Waals surface area (Å²) in [6.45, 7) is 1.42. The third-order valence-corrected chi connectivity index (χ3v) is 5.13. The van der Waals surface area contributed by atoms with Crippen LogP contribution in [0, 0.1) is 0 Å². The van der Waals surface area contributed by atoms with Crippen LogP contribution in [0.3, 0.4) is 0 Å². The van der Waals surface area contributed by atoms with Crippen molar-refractivity contribution < 1.29 is 14.3 Å². The third kappa shape index (κ3) is 2.85. The van der Waals surface area contributed by atoms with Gasteiger partial charge >= 0.3 is 0 Å². The van der Waals surface area contributed by atoms with E-state index in [1.54, 1.807) is 12.1 Å². The van der Waals surface area contributed by atoms with Gasteiger partial charge in [-0.2, -0.15) is 0 Å². The van der Waals surface area contributed by atoms with Gasteiger partial charge in [-0.3, -0.25) is 4.79 Å². The van der Waals surface area contributed by atoms with Gasteiger partial charge in [-0.1, -0.05) is 24.3 Å². The molecule has 0 radical (unpaired) electrons. The topological polar surface area (TPSA) is 65.7 Å². The second-order valence-corrected chi connectivity index (χ2v) is 6.66. The van der Waals surface area contributed by atoms with Crippen LogP contribution in [-0.2, 0) is 6.42 Å². The quantitative estimate of drug-likeness (QED) is 0.907. The molecule has 2 aromatic rings. The number of fused-ring (bicyclic) bond motifs is 1. The minimum Gasteiger partial charge on any atom is -0.459 e. The van der Waals surface area contributed by atoms with Gasteiger partial charge in [0.25, 0.3) is 5.91 Å². The van der Waals surface area contributed by atoms with Gasteiger partial charge < -0.3 is 19.7 Å². The number of aliphatic hydroxyl groups is 1. The summed E-state index contributed by atoms with van der Waals surface area (Å²) in [7, 11) is 0. The molecular weight excluding hydrogens is 304 g/mol. The summed E-state index contributed by atoms with van der Waals surface area (Å²) in [5, 5.41) is 14.0. The monoisotopic (exact) mass is 326 g/mol. The highest BCUT2D eigenvalue weighted by atomic mass is 16.3. The lowest BCUT2D eigenvalue weighted by Crippen LogP contribution is -2.47. The summed E-state index contributed by atoms with van der Waals surface area (Å²) in [6, 6.07) is 12.0.